The summed E-state index contributed by atoms with van der Waals surface area (Å²) >= 11 is 7.97. The number of hydrogen-bond acceptors (Lipinski definition) is 6. The van der Waals surface area contributed by atoms with E-state index in [0.717, 1.165) is 28.3 Å². The second-order valence-electron chi connectivity index (χ2n) is 7.53. The smallest absolute Gasteiger partial charge is 0.254 e. The van der Waals surface area contributed by atoms with Crippen LogP contribution in [0.5, 0.6) is 11.5 Å². The Hall–Kier alpha value is -3.23. The van der Waals surface area contributed by atoms with Gasteiger partial charge in [-0.1, -0.05) is 66.7 Å². The van der Waals surface area contributed by atoms with E-state index in [2.05, 4.69) is 15.2 Å². The van der Waals surface area contributed by atoms with Crippen molar-refractivity contribution in [2.24, 2.45) is 0 Å². The van der Waals surface area contributed by atoms with E-state index in [-0.39, 0.29) is 12.4 Å². The molecule has 2 aromatic heterocycles. The molecule has 0 saturated heterocycles. The van der Waals surface area contributed by atoms with Crippen molar-refractivity contribution >= 4 is 23.4 Å². The molecule has 0 bridgehead atoms. The van der Waals surface area contributed by atoms with Gasteiger partial charge >= 0.3 is 0 Å². The average Bonchev–Trinajstić information content (AvgIpc) is 3.44. The van der Waals surface area contributed by atoms with Gasteiger partial charge < -0.3 is 14.5 Å². The number of ether oxygens (including phenoxy) is 2. The van der Waals surface area contributed by atoms with Gasteiger partial charge in [0, 0.05) is 23.3 Å². The van der Waals surface area contributed by atoms with Gasteiger partial charge in [-0.05, 0) is 24.1 Å². The van der Waals surface area contributed by atoms with Crippen molar-refractivity contribution in [3.05, 3.63) is 86.4 Å². The number of nitrogens with one attached hydrogen (secondary N) is 2. The lowest BCUT2D eigenvalue weighted by molar-refractivity contribution is 0.174. The van der Waals surface area contributed by atoms with Crippen molar-refractivity contribution in [2.75, 3.05) is 6.79 Å². The zero-order valence-corrected chi connectivity index (χ0v) is 19.4. The molecule has 3 heterocycles. The zero-order valence-electron chi connectivity index (χ0n) is 17.9. The van der Waals surface area contributed by atoms with E-state index in [1.54, 1.807) is 0 Å². The Morgan fingerprint density at radius 1 is 1.12 bits per heavy atom. The monoisotopic (exact) mass is 480 g/mol. The number of aromatic nitrogens is 4. The third kappa shape index (κ3) is 4.49. The fraction of sp³-hybridized carbons (Fsp3) is 0.208. The predicted octanol–water partition coefficient (Wildman–Crippen LogP) is 4.99. The number of benzene rings is 2. The van der Waals surface area contributed by atoms with E-state index in [0.29, 0.717) is 45.8 Å². The molecule has 2 N–H and O–H groups in total. The van der Waals surface area contributed by atoms with Gasteiger partial charge in [-0.25, -0.2) is 4.98 Å². The summed E-state index contributed by atoms with van der Waals surface area (Å²) in [6, 6.07) is 15.6. The van der Waals surface area contributed by atoms with Crippen molar-refractivity contribution in [3.8, 4) is 22.8 Å². The summed E-state index contributed by atoms with van der Waals surface area (Å²) in [5.41, 5.74) is 4.75. The average molecular weight is 481 g/mol. The third-order valence-electron chi connectivity index (χ3n) is 5.42. The summed E-state index contributed by atoms with van der Waals surface area (Å²) in [6.07, 6.45) is 1.13. The summed E-state index contributed by atoms with van der Waals surface area (Å²) in [5, 5.41) is 8.48. The van der Waals surface area contributed by atoms with Gasteiger partial charge in [-0.2, -0.15) is 5.10 Å². The van der Waals surface area contributed by atoms with Gasteiger partial charge in [-0.15, -0.1) is 0 Å². The van der Waals surface area contributed by atoms with Crippen LogP contribution < -0.4 is 15.0 Å². The summed E-state index contributed by atoms with van der Waals surface area (Å²) in [5.74, 6) is 1.94. The highest BCUT2D eigenvalue weighted by atomic mass is 35.5. The Kier molecular flexibility index (Phi) is 6.11. The van der Waals surface area contributed by atoms with E-state index in [4.69, 9.17) is 26.1 Å². The number of halogens is 1. The number of rotatable bonds is 7. The molecule has 0 atom stereocenters. The largest absolute Gasteiger partial charge is 0.454 e. The number of aromatic amines is 2. The number of thioether (sulfide) groups is 1. The van der Waals surface area contributed by atoms with E-state index >= 15 is 0 Å². The van der Waals surface area contributed by atoms with Crippen LogP contribution in [-0.2, 0) is 18.6 Å². The van der Waals surface area contributed by atoms with E-state index < -0.39 is 0 Å². The molecule has 7 nitrogen and oxygen atoms in total. The van der Waals surface area contributed by atoms with Gasteiger partial charge in [0.2, 0.25) is 6.79 Å². The Balaban J connectivity index is 1.37. The molecule has 0 radical (unpaired) electrons. The molecule has 5 rings (SSSR count). The third-order valence-corrected chi connectivity index (χ3v) is 6.72. The first-order valence-electron chi connectivity index (χ1n) is 10.5. The minimum Gasteiger partial charge on any atom is -0.454 e. The van der Waals surface area contributed by atoms with Crippen molar-refractivity contribution in [2.45, 2.75) is 30.7 Å². The minimum absolute atomic E-state index is 0.119. The molecule has 0 unspecified atom stereocenters. The summed E-state index contributed by atoms with van der Waals surface area (Å²) < 4.78 is 10.9. The molecule has 0 fully saturated rings. The van der Waals surface area contributed by atoms with E-state index in [9.17, 15) is 4.79 Å². The second kappa shape index (κ2) is 9.33. The Morgan fingerprint density at radius 3 is 2.76 bits per heavy atom. The zero-order chi connectivity index (χ0) is 22.8. The minimum atomic E-state index is -0.119. The van der Waals surface area contributed by atoms with Crippen LogP contribution in [0.2, 0.25) is 5.02 Å². The number of nitrogens with zero attached hydrogens (tertiary/aromatic N) is 2. The van der Waals surface area contributed by atoms with Gasteiger partial charge in [0.25, 0.3) is 5.56 Å². The summed E-state index contributed by atoms with van der Waals surface area (Å²) in [6.45, 7) is 2.18. The van der Waals surface area contributed by atoms with Gasteiger partial charge in [0.15, 0.2) is 16.7 Å². The fourth-order valence-electron chi connectivity index (χ4n) is 3.73. The van der Waals surface area contributed by atoms with Crippen LogP contribution in [-0.4, -0.2) is 27.0 Å². The molecule has 9 heteroatoms. The molecular formula is C24H21ClN4O3S. The van der Waals surface area contributed by atoms with Crippen LogP contribution in [0.1, 0.15) is 29.4 Å². The summed E-state index contributed by atoms with van der Waals surface area (Å²) in [4.78, 5) is 20.4. The van der Waals surface area contributed by atoms with Crippen LogP contribution in [0.3, 0.4) is 0 Å². The first-order valence-corrected chi connectivity index (χ1v) is 11.9. The SMILES string of the molecule is CCc1c(Cc2ccc3c(c2)OCO3)nc(SCc2[nH]nc(-c3ccccc3)c2Cl)[nH]c1=O. The van der Waals surface area contributed by atoms with Crippen LogP contribution >= 0.6 is 23.4 Å². The van der Waals surface area contributed by atoms with E-state index in [1.165, 1.54) is 11.8 Å². The van der Waals surface area contributed by atoms with Crippen molar-refractivity contribution in [1.82, 2.24) is 20.2 Å². The predicted molar refractivity (Wildman–Crippen MR) is 128 cm³/mol. The second-order valence-corrected chi connectivity index (χ2v) is 8.88. The molecule has 0 aliphatic carbocycles. The molecule has 2 aromatic carbocycles. The van der Waals surface area contributed by atoms with Gasteiger partial charge in [0.1, 0.15) is 5.69 Å². The highest BCUT2D eigenvalue weighted by Crippen LogP contribution is 2.34. The van der Waals surface area contributed by atoms with Crippen LogP contribution in [0.25, 0.3) is 11.3 Å². The first-order chi connectivity index (χ1) is 16.1. The molecule has 0 saturated carbocycles. The Labute approximate surface area is 199 Å². The fourth-order valence-corrected chi connectivity index (χ4v) is 4.90. The topological polar surface area (TPSA) is 92.9 Å². The van der Waals surface area contributed by atoms with E-state index in [1.807, 2.05) is 55.5 Å². The summed E-state index contributed by atoms with van der Waals surface area (Å²) in [7, 11) is 0. The van der Waals surface area contributed by atoms with Gasteiger partial charge in [-0.3, -0.25) is 9.89 Å². The number of fused-ring (bicyclic) bond motifs is 1. The lowest BCUT2D eigenvalue weighted by atomic mass is 10.0. The molecule has 1 aliphatic heterocycles. The molecule has 0 spiro atoms. The lowest BCUT2D eigenvalue weighted by Gasteiger charge is -2.09. The molecular weight excluding hydrogens is 460 g/mol. The van der Waals surface area contributed by atoms with Crippen LogP contribution in [0, 0.1) is 0 Å². The molecule has 1 aliphatic rings. The molecule has 33 heavy (non-hydrogen) atoms. The maximum absolute atomic E-state index is 12.7. The van der Waals surface area contributed by atoms with Crippen molar-refractivity contribution in [1.29, 1.82) is 0 Å². The van der Waals surface area contributed by atoms with Crippen molar-refractivity contribution < 1.29 is 9.47 Å². The first kappa shape index (κ1) is 21.6. The maximum atomic E-state index is 12.7. The highest BCUT2D eigenvalue weighted by Gasteiger charge is 2.17. The van der Waals surface area contributed by atoms with Crippen LogP contribution in [0.4, 0.5) is 0 Å². The Morgan fingerprint density at radius 2 is 1.94 bits per heavy atom. The molecule has 4 aromatic rings. The number of hydrogen-bond donors (Lipinski definition) is 2. The number of H-pyrrole nitrogens is 2. The van der Waals surface area contributed by atoms with Gasteiger partial charge in [0.05, 0.1) is 16.4 Å². The van der Waals surface area contributed by atoms with Crippen molar-refractivity contribution in [3.63, 3.8) is 0 Å². The Bertz CT molecular complexity index is 1350. The maximum Gasteiger partial charge on any atom is 0.254 e. The quantitative estimate of drug-likeness (QED) is 0.286. The normalized spacial score (nSPS) is 12.3. The molecule has 0 amide bonds. The standard InChI is InChI=1S/C24H21ClN4O3S/c1-2-16-17(10-14-8-9-19-20(11-14)32-13-31-19)26-24(27-23(16)30)33-12-18-21(25)22(29-28-18)15-6-4-3-5-7-15/h3-9,11H,2,10,12-13H2,1H3,(H,28,29)(H,26,27,30). The lowest BCUT2D eigenvalue weighted by Crippen LogP contribution is -2.18. The molecule has 168 valence electrons. The van der Waals surface area contributed by atoms with Crippen LogP contribution in [0.15, 0.2) is 58.5 Å². The highest BCUT2D eigenvalue weighted by molar-refractivity contribution is 7.98.